The summed E-state index contributed by atoms with van der Waals surface area (Å²) in [6.45, 7) is 3.62. The molecular formula is C14H18ClNO3. The maximum absolute atomic E-state index is 11.5. The Balaban J connectivity index is 2.30. The molecule has 0 aliphatic carbocycles. The number of halogens is 1. The fourth-order valence-corrected chi connectivity index (χ4v) is 2.70. The molecule has 1 heterocycles. The summed E-state index contributed by atoms with van der Waals surface area (Å²) < 4.78 is 0. The quantitative estimate of drug-likeness (QED) is 0.895. The lowest BCUT2D eigenvalue weighted by molar-refractivity contribution is -0.144. The van der Waals surface area contributed by atoms with Gasteiger partial charge in [-0.05, 0) is 50.0 Å². The zero-order chi connectivity index (χ0) is 14.0. The SMILES string of the molecule is CC1CCN(C(C(=O)O)c2cc(Cl)ccc2O)CC1. The molecule has 0 bridgehead atoms. The first-order chi connectivity index (χ1) is 8.99. The number of aromatic hydroxyl groups is 1. The van der Waals surface area contributed by atoms with Crippen molar-refractivity contribution in [1.29, 1.82) is 0 Å². The highest BCUT2D eigenvalue weighted by atomic mass is 35.5. The average molecular weight is 284 g/mol. The second kappa shape index (κ2) is 5.80. The number of hydrogen-bond acceptors (Lipinski definition) is 3. The Kier molecular flexibility index (Phi) is 4.32. The largest absolute Gasteiger partial charge is 0.508 e. The fraction of sp³-hybridized carbons (Fsp3) is 0.500. The van der Waals surface area contributed by atoms with Gasteiger partial charge in [-0.15, -0.1) is 0 Å². The van der Waals surface area contributed by atoms with Gasteiger partial charge >= 0.3 is 5.97 Å². The van der Waals surface area contributed by atoms with Crippen molar-refractivity contribution in [2.75, 3.05) is 13.1 Å². The number of aliphatic carboxylic acids is 1. The highest BCUT2D eigenvalue weighted by Gasteiger charge is 2.31. The molecule has 0 spiro atoms. The maximum Gasteiger partial charge on any atom is 0.325 e. The molecule has 1 atom stereocenters. The predicted molar refractivity (Wildman–Crippen MR) is 73.5 cm³/mol. The monoisotopic (exact) mass is 283 g/mol. The van der Waals surface area contributed by atoms with Crippen LogP contribution < -0.4 is 0 Å². The summed E-state index contributed by atoms with van der Waals surface area (Å²) in [5.41, 5.74) is 0.370. The standard InChI is InChI=1S/C14H18ClNO3/c1-9-4-6-16(7-5-9)13(14(18)19)11-8-10(15)2-3-12(11)17/h2-3,8-9,13,17H,4-7H2,1H3,(H,18,19). The second-order valence-corrected chi connectivity index (χ2v) is 5.60. The van der Waals surface area contributed by atoms with E-state index in [0.29, 0.717) is 16.5 Å². The summed E-state index contributed by atoms with van der Waals surface area (Å²) in [5.74, 6) is -0.346. The lowest BCUT2D eigenvalue weighted by Crippen LogP contribution is -2.39. The first kappa shape index (κ1) is 14.2. The molecule has 1 aliphatic rings. The van der Waals surface area contributed by atoms with Crippen LogP contribution in [0.1, 0.15) is 31.4 Å². The van der Waals surface area contributed by atoms with E-state index in [2.05, 4.69) is 6.92 Å². The lowest BCUT2D eigenvalue weighted by Gasteiger charge is -2.34. The molecule has 1 saturated heterocycles. The van der Waals surface area contributed by atoms with E-state index in [0.717, 1.165) is 25.9 Å². The van der Waals surface area contributed by atoms with Gasteiger partial charge in [0.05, 0.1) is 0 Å². The van der Waals surface area contributed by atoms with E-state index in [9.17, 15) is 15.0 Å². The highest BCUT2D eigenvalue weighted by molar-refractivity contribution is 6.30. The van der Waals surface area contributed by atoms with E-state index >= 15 is 0 Å². The highest BCUT2D eigenvalue weighted by Crippen LogP contribution is 2.33. The predicted octanol–water partition coefficient (Wildman–Crippen LogP) is 2.90. The van der Waals surface area contributed by atoms with Gasteiger partial charge in [0.2, 0.25) is 0 Å². The summed E-state index contributed by atoms with van der Waals surface area (Å²) in [4.78, 5) is 13.4. The molecule has 1 aromatic carbocycles. The van der Waals surface area contributed by atoms with E-state index in [1.54, 1.807) is 6.07 Å². The van der Waals surface area contributed by atoms with Crippen LogP contribution in [0.3, 0.4) is 0 Å². The van der Waals surface area contributed by atoms with Crippen LogP contribution in [-0.2, 0) is 4.79 Å². The number of hydrogen-bond donors (Lipinski definition) is 2. The van der Waals surface area contributed by atoms with Gasteiger partial charge < -0.3 is 10.2 Å². The van der Waals surface area contributed by atoms with Crippen LogP contribution in [-0.4, -0.2) is 34.2 Å². The summed E-state index contributed by atoms with van der Waals surface area (Å²) >= 11 is 5.91. The normalized spacial score (nSPS) is 19.3. The van der Waals surface area contributed by atoms with E-state index in [-0.39, 0.29) is 5.75 Å². The van der Waals surface area contributed by atoms with Gasteiger partial charge in [-0.3, -0.25) is 9.69 Å². The van der Waals surface area contributed by atoms with Crippen LogP contribution in [0.5, 0.6) is 5.75 Å². The van der Waals surface area contributed by atoms with E-state index in [1.165, 1.54) is 12.1 Å². The molecule has 2 N–H and O–H groups in total. The van der Waals surface area contributed by atoms with Crippen LogP contribution in [0.15, 0.2) is 18.2 Å². The molecule has 104 valence electrons. The van der Waals surface area contributed by atoms with Gasteiger partial charge in [0.15, 0.2) is 0 Å². The van der Waals surface area contributed by atoms with Gasteiger partial charge in [-0.2, -0.15) is 0 Å². The Hall–Kier alpha value is -1.26. The van der Waals surface area contributed by atoms with E-state index < -0.39 is 12.0 Å². The molecule has 1 unspecified atom stereocenters. The average Bonchev–Trinajstić information content (AvgIpc) is 2.36. The van der Waals surface area contributed by atoms with E-state index in [4.69, 9.17) is 11.6 Å². The van der Waals surface area contributed by atoms with Gasteiger partial charge in [0.1, 0.15) is 11.8 Å². The topological polar surface area (TPSA) is 60.8 Å². The van der Waals surface area contributed by atoms with Crippen molar-refractivity contribution >= 4 is 17.6 Å². The fourth-order valence-electron chi connectivity index (χ4n) is 2.52. The Bertz CT molecular complexity index is 470. The third-order valence-corrected chi connectivity index (χ3v) is 3.94. The zero-order valence-corrected chi connectivity index (χ0v) is 11.6. The molecule has 4 nitrogen and oxygen atoms in total. The number of phenols is 1. The zero-order valence-electron chi connectivity index (χ0n) is 10.8. The summed E-state index contributed by atoms with van der Waals surface area (Å²) in [7, 11) is 0. The minimum atomic E-state index is -0.952. The Labute approximate surface area is 117 Å². The number of carboxylic acids is 1. The van der Waals surface area contributed by atoms with Crippen LogP contribution in [0.25, 0.3) is 0 Å². The van der Waals surface area contributed by atoms with Gasteiger partial charge in [0.25, 0.3) is 0 Å². The number of likely N-dealkylation sites (tertiary alicyclic amines) is 1. The van der Waals surface area contributed by atoms with E-state index in [1.807, 2.05) is 4.90 Å². The molecular weight excluding hydrogens is 266 g/mol. The first-order valence-electron chi connectivity index (χ1n) is 6.44. The molecule has 19 heavy (non-hydrogen) atoms. The number of phenolic OH excluding ortho intramolecular Hbond substituents is 1. The van der Waals surface area contributed by atoms with Crippen molar-refractivity contribution in [3.8, 4) is 5.75 Å². The lowest BCUT2D eigenvalue weighted by atomic mass is 9.95. The van der Waals surface area contributed by atoms with Gasteiger partial charge in [-0.1, -0.05) is 18.5 Å². The number of benzene rings is 1. The molecule has 0 amide bonds. The maximum atomic E-state index is 11.5. The molecule has 5 heteroatoms. The van der Waals surface area contributed by atoms with Crippen molar-refractivity contribution in [3.05, 3.63) is 28.8 Å². The minimum Gasteiger partial charge on any atom is -0.508 e. The summed E-state index contributed by atoms with van der Waals surface area (Å²) in [5, 5.41) is 19.8. The first-order valence-corrected chi connectivity index (χ1v) is 6.82. The molecule has 1 aliphatic heterocycles. The van der Waals surface area contributed by atoms with Crippen molar-refractivity contribution < 1.29 is 15.0 Å². The Morgan fingerprint density at radius 3 is 2.63 bits per heavy atom. The molecule has 2 rings (SSSR count). The molecule has 1 fully saturated rings. The van der Waals surface area contributed by atoms with Crippen molar-refractivity contribution in [2.24, 2.45) is 5.92 Å². The van der Waals surface area contributed by atoms with Crippen LogP contribution >= 0.6 is 11.6 Å². The number of rotatable bonds is 3. The second-order valence-electron chi connectivity index (χ2n) is 5.16. The number of carbonyl (C=O) groups is 1. The number of piperidine rings is 1. The molecule has 0 radical (unpaired) electrons. The molecule has 0 saturated carbocycles. The van der Waals surface area contributed by atoms with Crippen molar-refractivity contribution in [1.82, 2.24) is 4.90 Å². The smallest absolute Gasteiger partial charge is 0.325 e. The third kappa shape index (κ3) is 3.19. The summed E-state index contributed by atoms with van der Waals surface area (Å²) in [6.07, 6.45) is 1.95. The molecule has 0 aromatic heterocycles. The Morgan fingerprint density at radius 1 is 1.42 bits per heavy atom. The number of nitrogens with zero attached hydrogens (tertiary/aromatic N) is 1. The Morgan fingerprint density at radius 2 is 2.05 bits per heavy atom. The third-order valence-electron chi connectivity index (χ3n) is 3.70. The van der Waals surface area contributed by atoms with Crippen molar-refractivity contribution in [2.45, 2.75) is 25.8 Å². The van der Waals surface area contributed by atoms with Crippen LogP contribution in [0.4, 0.5) is 0 Å². The van der Waals surface area contributed by atoms with Gasteiger partial charge in [-0.25, -0.2) is 0 Å². The van der Waals surface area contributed by atoms with Crippen molar-refractivity contribution in [3.63, 3.8) is 0 Å². The minimum absolute atomic E-state index is 0.0181. The number of carboxylic acid groups (broad SMARTS) is 1. The van der Waals surface area contributed by atoms with Gasteiger partial charge in [0, 0.05) is 10.6 Å². The van der Waals surface area contributed by atoms with Crippen LogP contribution in [0, 0.1) is 5.92 Å². The summed E-state index contributed by atoms with van der Waals surface area (Å²) in [6, 6.07) is 3.71. The molecule has 1 aromatic rings. The van der Waals surface area contributed by atoms with Crippen LogP contribution in [0.2, 0.25) is 5.02 Å².